The SMILES string of the molecule is COc1ccc(C#N)cc1C(C)Oc1ccc(C(=O)O)cc1Cl. The van der Waals surface area contributed by atoms with E-state index in [0.717, 1.165) is 0 Å². The zero-order valence-electron chi connectivity index (χ0n) is 12.5. The predicted molar refractivity (Wildman–Crippen MR) is 85.2 cm³/mol. The molecule has 0 bridgehead atoms. The zero-order chi connectivity index (χ0) is 17.0. The van der Waals surface area contributed by atoms with Crippen molar-refractivity contribution >= 4 is 17.6 Å². The Bertz CT molecular complexity index is 783. The number of carboxylic acid groups (broad SMARTS) is 1. The highest BCUT2D eigenvalue weighted by atomic mass is 35.5. The Kier molecular flexibility index (Phi) is 5.09. The summed E-state index contributed by atoms with van der Waals surface area (Å²) in [4.78, 5) is 10.9. The van der Waals surface area contributed by atoms with E-state index in [1.807, 2.05) is 0 Å². The molecule has 0 aliphatic rings. The van der Waals surface area contributed by atoms with Crippen molar-refractivity contribution in [2.45, 2.75) is 13.0 Å². The maximum atomic E-state index is 10.9. The average molecular weight is 332 g/mol. The second-order valence-corrected chi connectivity index (χ2v) is 5.19. The maximum Gasteiger partial charge on any atom is 0.335 e. The van der Waals surface area contributed by atoms with Crippen LogP contribution in [0.2, 0.25) is 5.02 Å². The van der Waals surface area contributed by atoms with E-state index in [1.165, 1.54) is 25.3 Å². The van der Waals surface area contributed by atoms with Gasteiger partial charge in [0.15, 0.2) is 0 Å². The Morgan fingerprint density at radius 3 is 2.52 bits per heavy atom. The molecule has 0 amide bonds. The smallest absolute Gasteiger partial charge is 0.335 e. The van der Waals surface area contributed by atoms with Crippen LogP contribution in [0.25, 0.3) is 0 Å². The summed E-state index contributed by atoms with van der Waals surface area (Å²) in [6.07, 6.45) is -0.438. The van der Waals surface area contributed by atoms with Gasteiger partial charge in [-0.1, -0.05) is 11.6 Å². The molecular formula is C17H14ClNO4. The van der Waals surface area contributed by atoms with E-state index in [-0.39, 0.29) is 10.6 Å². The molecule has 1 N–H and O–H groups in total. The van der Waals surface area contributed by atoms with Crippen molar-refractivity contribution in [3.63, 3.8) is 0 Å². The lowest BCUT2D eigenvalue weighted by molar-refractivity contribution is 0.0697. The van der Waals surface area contributed by atoms with E-state index >= 15 is 0 Å². The van der Waals surface area contributed by atoms with Crippen LogP contribution in [0.1, 0.15) is 34.5 Å². The second-order valence-electron chi connectivity index (χ2n) is 4.78. The Morgan fingerprint density at radius 2 is 1.96 bits per heavy atom. The van der Waals surface area contributed by atoms with Gasteiger partial charge in [-0.15, -0.1) is 0 Å². The zero-order valence-corrected chi connectivity index (χ0v) is 13.3. The first-order chi connectivity index (χ1) is 11.0. The first-order valence-corrected chi connectivity index (χ1v) is 7.11. The molecule has 0 aromatic heterocycles. The molecule has 0 radical (unpaired) electrons. The lowest BCUT2D eigenvalue weighted by atomic mass is 10.1. The van der Waals surface area contributed by atoms with Gasteiger partial charge in [0.05, 0.1) is 29.3 Å². The summed E-state index contributed by atoms with van der Waals surface area (Å²) in [6, 6.07) is 11.4. The summed E-state index contributed by atoms with van der Waals surface area (Å²) >= 11 is 6.07. The number of carboxylic acids is 1. The fourth-order valence-corrected chi connectivity index (χ4v) is 2.33. The summed E-state index contributed by atoms with van der Waals surface area (Å²) in [5.41, 5.74) is 1.27. The number of methoxy groups -OCH3 is 1. The van der Waals surface area contributed by atoms with Gasteiger partial charge in [-0.05, 0) is 43.3 Å². The van der Waals surface area contributed by atoms with Gasteiger partial charge in [0.25, 0.3) is 0 Å². The molecule has 118 valence electrons. The normalized spacial score (nSPS) is 11.4. The van der Waals surface area contributed by atoms with E-state index in [4.69, 9.17) is 31.4 Å². The van der Waals surface area contributed by atoms with Crippen LogP contribution in [0.4, 0.5) is 0 Å². The molecular weight excluding hydrogens is 318 g/mol. The summed E-state index contributed by atoms with van der Waals surface area (Å²) in [5.74, 6) is -0.113. The number of halogens is 1. The van der Waals surface area contributed by atoms with E-state index in [2.05, 4.69) is 6.07 Å². The third kappa shape index (κ3) is 3.74. The highest BCUT2D eigenvalue weighted by Gasteiger charge is 2.16. The van der Waals surface area contributed by atoms with Crippen molar-refractivity contribution in [3.05, 3.63) is 58.1 Å². The average Bonchev–Trinajstić information content (AvgIpc) is 2.55. The number of rotatable bonds is 5. The molecule has 2 aromatic carbocycles. The molecule has 0 saturated heterocycles. The number of hydrogen-bond acceptors (Lipinski definition) is 4. The van der Waals surface area contributed by atoms with Gasteiger partial charge in [0, 0.05) is 5.56 Å². The van der Waals surface area contributed by atoms with E-state index in [1.54, 1.807) is 25.1 Å². The lowest BCUT2D eigenvalue weighted by Crippen LogP contribution is -2.06. The van der Waals surface area contributed by atoms with Gasteiger partial charge in [-0.25, -0.2) is 4.79 Å². The van der Waals surface area contributed by atoms with E-state index in [0.29, 0.717) is 22.6 Å². The molecule has 0 fully saturated rings. The molecule has 5 nitrogen and oxygen atoms in total. The predicted octanol–water partition coefficient (Wildman–Crippen LogP) is 4.06. The summed E-state index contributed by atoms with van der Waals surface area (Å²) in [7, 11) is 1.53. The Balaban J connectivity index is 2.30. The number of ether oxygens (including phenoxy) is 2. The molecule has 0 aliphatic heterocycles. The second kappa shape index (κ2) is 7.03. The van der Waals surface area contributed by atoms with Crippen LogP contribution < -0.4 is 9.47 Å². The molecule has 6 heteroatoms. The molecule has 0 spiro atoms. The van der Waals surface area contributed by atoms with Crippen molar-refractivity contribution in [3.8, 4) is 17.6 Å². The minimum absolute atomic E-state index is 0.0825. The van der Waals surface area contributed by atoms with Crippen molar-refractivity contribution in [2.24, 2.45) is 0 Å². The molecule has 1 atom stereocenters. The van der Waals surface area contributed by atoms with Crippen LogP contribution in [0.3, 0.4) is 0 Å². The number of nitriles is 1. The van der Waals surface area contributed by atoms with Gasteiger partial charge < -0.3 is 14.6 Å². The van der Waals surface area contributed by atoms with Crippen LogP contribution in [0.5, 0.6) is 11.5 Å². The Morgan fingerprint density at radius 1 is 1.26 bits per heavy atom. The van der Waals surface area contributed by atoms with Crippen LogP contribution in [0.15, 0.2) is 36.4 Å². The molecule has 0 heterocycles. The van der Waals surface area contributed by atoms with Crippen LogP contribution >= 0.6 is 11.6 Å². The minimum atomic E-state index is -1.06. The van der Waals surface area contributed by atoms with Gasteiger partial charge in [-0.3, -0.25) is 0 Å². The molecule has 1 unspecified atom stereocenters. The first-order valence-electron chi connectivity index (χ1n) is 6.73. The lowest BCUT2D eigenvalue weighted by Gasteiger charge is -2.19. The van der Waals surface area contributed by atoms with E-state index < -0.39 is 12.1 Å². The van der Waals surface area contributed by atoms with Gasteiger partial charge in [0.2, 0.25) is 0 Å². The van der Waals surface area contributed by atoms with Crippen molar-refractivity contribution in [1.82, 2.24) is 0 Å². The van der Waals surface area contributed by atoms with Crippen LogP contribution in [-0.2, 0) is 0 Å². The number of carbonyl (C=O) groups is 1. The monoisotopic (exact) mass is 331 g/mol. The highest BCUT2D eigenvalue weighted by molar-refractivity contribution is 6.32. The largest absolute Gasteiger partial charge is 0.496 e. The molecule has 0 saturated carbocycles. The number of aromatic carboxylic acids is 1. The number of hydrogen-bond donors (Lipinski definition) is 1. The molecule has 0 aliphatic carbocycles. The van der Waals surface area contributed by atoms with Crippen LogP contribution in [-0.4, -0.2) is 18.2 Å². The van der Waals surface area contributed by atoms with E-state index in [9.17, 15) is 4.79 Å². The maximum absolute atomic E-state index is 10.9. The quantitative estimate of drug-likeness (QED) is 0.893. The number of nitrogens with zero attached hydrogens (tertiary/aromatic N) is 1. The minimum Gasteiger partial charge on any atom is -0.496 e. The summed E-state index contributed by atoms with van der Waals surface area (Å²) < 4.78 is 11.1. The Hall–Kier alpha value is -2.71. The van der Waals surface area contributed by atoms with Crippen molar-refractivity contribution < 1.29 is 19.4 Å². The standard InChI is InChI=1S/C17H14ClNO4/c1-10(13-7-11(9-19)3-5-15(13)22-2)23-16-6-4-12(17(20)21)8-14(16)18/h3-8,10H,1-2H3,(H,20,21). The third-order valence-corrected chi connectivity index (χ3v) is 3.57. The molecule has 23 heavy (non-hydrogen) atoms. The third-order valence-electron chi connectivity index (χ3n) is 3.28. The molecule has 2 aromatic rings. The summed E-state index contributed by atoms with van der Waals surface area (Å²) in [6.45, 7) is 1.79. The van der Waals surface area contributed by atoms with Crippen molar-refractivity contribution in [1.29, 1.82) is 5.26 Å². The van der Waals surface area contributed by atoms with Gasteiger partial charge in [0.1, 0.15) is 17.6 Å². The van der Waals surface area contributed by atoms with Gasteiger partial charge in [-0.2, -0.15) is 5.26 Å². The molecule has 2 rings (SSSR count). The fourth-order valence-electron chi connectivity index (χ4n) is 2.10. The highest BCUT2D eigenvalue weighted by Crippen LogP contribution is 2.33. The summed E-state index contributed by atoms with van der Waals surface area (Å²) in [5, 5.41) is 18.2. The Labute approximate surface area is 138 Å². The first kappa shape index (κ1) is 16.7. The van der Waals surface area contributed by atoms with Crippen molar-refractivity contribution in [2.75, 3.05) is 7.11 Å². The van der Waals surface area contributed by atoms with Crippen LogP contribution in [0, 0.1) is 11.3 Å². The van der Waals surface area contributed by atoms with Gasteiger partial charge >= 0.3 is 5.97 Å². The number of benzene rings is 2. The topological polar surface area (TPSA) is 79.5 Å². The fraction of sp³-hybridized carbons (Fsp3) is 0.176.